The molecular weight excluding hydrogens is 328 g/mol. The van der Waals surface area contributed by atoms with Crippen molar-refractivity contribution < 1.29 is 14.6 Å². The number of aliphatic hydroxyl groups is 1. The molecule has 1 heterocycles. The Hall–Kier alpha value is -2.11. The van der Waals surface area contributed by atoms with Crippen LogP contribution in [-0.4, -0.2) is 66.2 Å². The SMILES string of the molecule is O=C(C1CC1)N1CCN(C[C@@H](O)COc2cccc3ccccc23)CC1. The molecule has 26 heavy (non-hydrogen) atoms. The van der Waals surface area contributed by atoms with E-state index in [-0.39, 0.29) is 6.61 Å². The van der Waals surface area contributed by atoms with Gasteiger partial charge in [0.15, 0.2) is 0 Å². The summed E-state index contributed by atoms with van der Waals surface area (Å²) in [6.45, 7) is 4.04. The van der Waals surface area contributed by atoms with Crippen LogP contribution in [0.25, 0.3) is 10.8 Å². The number of piperazine rings is 1. The lowest BCUT2D eigenvalue weighted by molar-refractivity contribution is -0.134. The van der Waals surface area contributed by atoms with Crippen molar-refractivity contribution in [3.8, 4) is 5.75 Å². The predicted octanol–water partition coefficient (Wildman–Crippen LogP) is 2.13. The Morgan fingerprint density at radius 3 is 2.58 bits per heavy atom. The van der Waals surface area contributed by atoms with Crippen molar-refractivity contribution in [1.82, 2.24) is 9.80 Å². The molecule has 1 amide bonds. The van der Waals surface area contributed by atoms with E-state index < -0.39 is 6.10 Å². The molecule has 138 valence electrons. The number of ether oxygens (including phenoxy) is 1. The molecule has 0 unspecified atom stereocenters. The van der Waals surface area contributed by atoms with Gasteiger partial charge in [-0.05, 0) is 24.3 Å². The fraction of sp³-hybridized carbons (Fsp3) is 0.476. The van der Waals surface area contributed by atoms with E-state index in [0.29, 0.717) is 18.4 Å². The van der Waals surface area contributed by atoms with Crippen LogP contribution in [0.4, 0.5) is 0 Å². The summed E-state index contributed by atoms with van der Waals surface area (Å²) < 4.78 is 5.88. The quantitative estimate of drug-likeness (QED) is 0.864. The van der Waals surface area contributed by atoms with Gasteiger partial charge in [0.2, 0.25) is 5.91 Å². The molecule has 4 rings (SSSR count). The zero-order valence-electron chi connectivity index (χ0n) is 15.0. The van der Waals surface area contributed by atoms with Gasteiger partial charge in [0.1, 0.15) is 18.5 Å². The number of aliphatic hydroxyl groups excluding tert-OH is 1. The van der Waals surface area contributed by atoms with Gasteiger partial charge in [-0.2, -0.15) is 0 Å². The van der Waals surface area contributed by atoms with Gasteiger partial charge in [-0.1, -0.05) is 36.4 Å². The van der Waals surface area contributed by atoms with E-state index >= 15 is 0 Å². The van der Waals surface area contributed by atoms with Gasteiger partial charge in [0.05, 0.1) is 0 Å². The molecule has 1 saturated heterocycles. The maximum Gasteiger partial charge on any atom is 0.225 e. The first-order chi connectivity index (χ1) is 12.7. The van der Waals surface area contributed by atoms with E-state index in [9.17, 15) is 9.90 Å². The van der Waals surface area contributed by atoms with Crippen molar-refractivity contribution in [1.29, 1.82) is 0 Å². The van der Waals surface area contributed by atoms with Crippen LogP contribution in [0.2, 0.25) is 0 Å². The molecule has 0 spiro atoms. The second-order valence-corrected chi connectivity index (χ2v) is 7.34. The number of hydrogen-bond acceptors (Lipinski definition) is 4. The maximum absolute atomic E-state index is 12.1. The number of β-amino-alcohol motifs (C(OH)–C–C–N with tert-alkyl or cyclic N) is 1. The molecule has 0 aromatic heterocycles. The Morgan fingerprint density at radius 2 is 1.81 bits per heavy atom. The maximum atomic E-state index is 12.1. The minimum atomic E-state index is -0.542. The predicted molar refractivity (Wildman–Crippen MR) is 101 cm³/mol. The standard InChI is InChI=1S/C21H26N2O3/c24-18(14-22-10-12-23(13-11-22)21(25)17-8-9-17)15-26-20-7-3-5-16-4-1-2-6-19(16)20/h1-7,17-18,24H,8-15H2/t18-/m1/s1. The van der Waals surface area contributed by atoms with E-state index in [4.69, 9.17) is 4.74 Å². The Kier molecular flexibility index (Phi) is 5.09. The number of carbonyl (C=O) groups is 1. The minimum absolute atomic E-state index is 0.273. The summed E-state index contributed by atoms with van der Waals surface area (Å²) in [4.78, 5) is 16.3. The Morgan fingerprint density at radius 1 is 1.08 bits per heavy atom. The molecule has 1 aliphatic carbocycles. The van der Waals surface area contributed by atoms with Crippen LogP contribution >= 0.6 is 0 Å². The molecule has 0 bridgehead atoms. The van der Waals surface area contributed by atoms with Gasteiger partial charge < -0.3 is 14.7 Å². The third-order valence-electron chi connectivity index (χ3n) is 5.26. The fourth-order valence-corrected chi connectivity index (χ4v) is 3.60. The second-order valence-electron chi connectivity index (χ2n) is 7.34. The zero-order valence-corrected chi connectivity index (χ0v) is 15.0. The minimum Gasteiger partial charge on any atom is -0.490 e. The molecule has 1 aliphatic heterocycles. The molecule has 1 N–H and O–H groups in total. The summed E-state index contributed by atoms with van der Waals surface area (Å²) in [6.07, 6.45) is 1.58. The summed E-state index contributed by atoms with van der Waals surface area (Å²) in [5.41, 5.74) is 0. The summed E-state index contributed by atoms with van der Waals surface area (Å²) in [7, 11) is 0. The number of fused-ring (bicyclic) bond motifs is 1. The molecule has 5 nitrogen and oxygen atoms in total. The van der Waals surface area contributed by atoms with Crippen LogP contribution in [0.1, 0.15) is 12.8 Å². The van der Waals surface area contributed by atoms with Gasteiger partial charge in [-0.3, -0.25) is 9.69 Å². The largest absolute Gasteiger partial charge is 0.490 e. The first-order valence-electron chi connectivity index (χ1n) is 9.50. The van der Waals surface area contributed by atoms with Crippen LogP contribution in [0.3, 0.4) is 0 Å². The molecule has 5 heteroatoms. The Balaban J connectivity index is 1.25. The third kappa shape index (κ3) is 4.00. The normalized spacial score (nSPS) is 19.5. The summed E-state index contributed by atoms with van der Waals surface area (Å²) in [5, 5.41) is 12.6. The number of carbonyl (C=O) groups excluding carboxylic acids is 1. The van der Waals surface area contributed by atoms with E-state index in [1.807, 2.05) is 35.2 Å². The molecule has 2 aromatic rings. The van der Waals surface area contributed by atoms with Crippen LogP contribution in [0.15, 0.2) is 42.5 Å². The van der Waals surface area contributed by atoms with Crippen LogP contribution < -0.4 is 4.74 Å². The van der Waals surface area contributed by atoms with E-state index in [0.717, 1.165) is 55.5 Å². The van der Waals surface area contributed by atoms with Crippen LogP contribution in [0, 0.1) is 5.92 Å². The molecule has 0 radical (unpaired) electrons. The number of nitrogens with zero attached hydrogens (tertiary/aromatic N) is 2. The topological polar surface area (TPSA) is 53.0 Å². The highest BCUT2D eigenvalue weighted by atomic mass is 16.5. The van der Waals surface area contributed by atoms with E-state index in [1.165, 1.54) is 0 Å². The van der Waals surface area contributed by atoms with E-state index in [1.54, 1.807) is 0 Å². The van der Waals surface area contributed by atoms with Crippen LogP contribution in [0.5, 0.6) is 5.75 Å². The fourth-order valence-electron chi connectivity index (χ4n) is 3.60. The lowest BCUT2D eigenvalue weighted by Gasteiger charge is -2.35. The van der Waals surface area contributed by atoms with Crippen molar-refractivity contribution in [3.63, 3.8) is 0 Å². The first-order valence-corrected chi connectivity index (χ1v) is 9.50. The summed E-state index contributed by atoms with van der Waals surface area (Å²) in [5.74, 6) is 1.42. The van der Waals surface area contributed by atoms with Gasteiger partial charge in [-0.25, -0.2) is 0 Å². The van der Waals surface area contributed by atoms with Crippen LogP contribution in [-0.2, 0) is 4.79 Å². The monoisotopic (exact) mass is 354 g/mol. The lowest BCUT2D eigenvalue weighted by atomic mass is 10.1. The molecule has 1 atom stereocenters. The number of rotatable bonds is 6. The third-order valence-corrected chi connectivity index (χ3v) is 5.26. The van der Waals surface area contributed by atoms with Crippen molar-refractivity contribution in [2.75, 3.05) is 39.3 Å². The molecule has 2 aromatic carbocycles. The van der Waals surface area contributed by atoms with E-state index in [2.05, 4.69) is 17.0 Å². The summed E-state index contributed by atoms with van der Waals surface area (Å²) in [6, 6.07) is 14.1. The molecule has 1 saturated carbocycles. The van der Waals surface area contributed by atoms with Gasteiger partial charge in [0, 0.05) is 44.0 Å². The van der Waals surface area contributed by atoms with Gasteiger partial charge in [-0.15, -0.1) is 0 Å². The average molecular weight is 354 g/mol. The Bertz CT molecular complexity index is 761. The molecule has 2 fully saturated rings. The number of benzene rings is 2. The molecular formula is C21H26N2O3. The smallest absolute Gasteiger partial charge is 0.225 e. The molecule has 2 aliphatic rings. The van der Waals surface area contributed by atoms with Gasteiger partial charge in [0.25, 0.3) is 0 Å². The van der Waals surface area contributed by atoms with Crippen molar-refractivity contribution in [2.24, 2.45) is 5.92 Å². The number of amides is 1. The Labute approximate surface area is 154 Å². The average Bonchev–Trinajstić information content (AvgIpc) is 3.52. The van der Waals surface area contributed by atoms with Gasteiger partial charge >= 0.3 is 0 Å². The number of hydrogen-bond donors (Lipinski definition) is 1. The van der Waals surface area contributed by atoms with Crippen molar-refractivity contribution in [3.05, 3.63) is 42.5 Å². The lowest BCUT2D eigenvalue weighted by Crippen LogP contribution is -2.51. The zero-order chi connectivity index (χ0) is 17.9. The highest BCUT2D eigenvalue weighted by Gasteiger charge is 2.34. The summed E-state index contributed by atoms with van der Waals surface area (Å²) >= 11 is 0. The van der Waals surface area contributed by atoms with Crippen molar-refractivity contribution >= 4 is 16.7 Å². The highest BCUT2D eigenvalue weighted by molar-refractivity contribution is 5.88. The first kappa shape index (κ1) is 17.3. The van der Waals surface area contributed by atoms with Crippen molar-refractivity contribution in [2.45, 2.75) is 18.9 Å². The second kappa shape index (κ2) is 7.64. The highest BCUT2D eigenvalue weighted by Crippen LogP contribution is 2.31.